The van der Waals surface area contributed by atoms with Crippen LogP contribution in [0.4, 0.5) is 0 Å². The van der Waals surface area contributed by atoms with Gasteiger partial charge in [-0.25, -0.2) is 12.7 Å². The number of sulfonamides is 1. The van der Waals surface area contributed by atoms with E-state index in [4.69, 9.17) is 0 Å². The maximum atomic E-state index is 11.8. The fraction of sp³-hybridized carbons (Fsp3) is 1.00. The minimum Gasteiger partial charge on any atom is -0.213 e. The molecular formula is C13H27NO2S. The van der Waals surface area contributed by atoms with Gasteiger partial charge >= 0.3 is 0 Å². The van der Waals surface area contributed by atoms with Gasteiger partial charge in [-0.1, -0.05) is 41.0 Å². The SMILES string of the molecule is CCC1CN(S(C)(=O)=O)CC1(CC)C(C)(C)C. The summed E-state index contributed by atoms with van der Waals surface area (Å²) in [6.45, 7) is 12.5. The Balaban J connectivity index is 3.15. The minimum absolute atomic E-state index is 0.116. The standard InChI is InChI=1S/C13H27NO2S/c1-7-11-9-14(17(6,15)16)10-13(11,8-2)12(3,4)5/h11H,7-10H2,1-6H3. The van der Waals surface area contributed by atoms with Crippen molar-refractivity contribution < 1.29 is 8.42 Å². The zero-order valence-electron chi connectivity index (χ0n) is 12.1. The highest BCUT2D eigenvalue weighted by Gasteiger charge is 2.53. The van der Waals surface area contributed by atoms with Gasteiger partial charge in [0.2, 0.25) is 10.0 Å². The Morgan fingerprint density at radius 1 is 1.29 bits per heavy atom. The van der Waals surface area contributed by atoms with E-state index in [0.29, 0.717) is 19.0 Å². The van der Waals surface area contributed by atoms with Crippen LogP contribution in [0, 0.1) is 16.7 Å². The third kappa shape index (κ3) is 2.53. The van der Waals surface area contributed by atoms with Gasteiger partial charge in [0.1, 0.15) is 0 Å². The number of hydrogen-bond donors (Lipinski definition) is 0. The van der Waals surface area contributed by atoms with Crippen LogP contribution in [0.15, 0.2) is 0 Å². The molecule has 0 amide bonds. The van der Waals surface area contributed by atoms with E-state index in [9.17, 15) is 8.42 Å². The average Bonchev–Trinajstić information content (AvgIpc) is 2.55. The molecule has 2 atom stereocenters. The Morgan fingerprint density at radius 2 is 1.82 bits per heavy atom. The Hall–Kier alpha value is -0.0900. The van der Waals surface area contributed by atoms with Gasteiger partial charge < -0.3 is 0 Å². The molecule has 3 nitrogen and oxygen atoms in total. The van der Waals surface area contributed by atoms with Crippen molar-refractivity contribution >= 4 is 10.0 Å². The van der Waals surface area contributed by atoms with Crippen molar-refractivity contribution in [3.05, 3.63) is 0 Å². The molecule has 0 radical (unpaired) electrons. The Kier molecular flexibility index (Phi) is 4.00. The highest BCUT2D eigenvalue weighted by Crippen LogP contribution is 2.53. The molecule has 0 aromatic heterocycles. The molecule has 0 N–H and O–H groups in total. The summed E-state index contributed by atoms with van der Waals surface area (Å²) in [6, 6.07) is 0. The van der Waals surface area contributed by atoms with E-state index >= 15 is 0 Å². The van der Waals surface area contributed by atoms with Crippen molar-refractivity contribution in [1.82, 2.24) is 4.31 Å². The van der Waals surface area contributed by atoms with Gasteiger partial charge in [-0.3, -0.25) is 0 Å². The molecule has 1 fully saturated rings. The number of rotatable bonds is 3. The van der Waals surface area contributed by atoms with Gasteiger partial charge in [-0.05, 0) is 23.2 Å². The third-order valence-electron chi connectivity index (χ3n) is 4.75. The van der Waals surface area contributed by atoms with E-state index < -0.39 is 10.0 Å². The van der Waals surface area contributed by atoms with Crippen LogP contribution in [-0.4, -0.2) is 32.1 Å². The summed E-state index contributed by atoms with van der Waals surface area (Å²) in [7, 11) is -3.05. The molecule has 0 aliphatic carbocycles. The molecule has 0 bridgehead atoms. The maximum Gasteiger partial charge on any atom is 0.211 e. The van der Waals surface area contributed by atoms with E-state index in [0.717, 1.165) is 12.8 Å². The summed E-state index contributed by atoms with van der Waals surface area (Å²) >= 11 is 0. The smallest absolute Gasteiger partial charge is 0.211 e. The van der Waals surface area contributed by atoms with E-state index in [1.54, 1.807) is 4.31 Å². The van der Waals surface area contributed by atoms with Crippen molar-refractivity contribution in [1.29, 1.82) is 0 Å². The van der Waals surface area contributed by atoms with Crippen molar-refractivity contribution in [2.24, 2.45) is 16.7 Å². The summed E-state index contributed by atoms with van der Waals surface area (Å²) < 4.78 is 25.2. The molecule has 17 heavy (non-hydrogen) atoms. The summed E-state index contributed by atoms with van der Waals surface area (Å²) in [4.78, 5) is 0. The molecular weight excluding hydrogens is 234 g/mol. The first kappa shape index (κ1) is 15.0. The average molecular weight is 261 g/mol. The van der Waals surface area contributed by atoms with Gasteiger partial charge in [-0.2, -0.15) is 0 Å². The third-order valence-corrected chi connectivity index (χ3v) is 5.97. The Bertz CT molecular complexity index is 369. The molecule has 0 aromatic rings. The molecule has 0 aromatic carbocycles. The summed E-state index contributed by atoms with van der Waals surface area (Å²) in [5, 5.41) is 0. The largest absolute Gasteiger partial charge is 0.213 e. The van der Waals surface area contributed by atoms with E-state index in [1.807, 2.05) is 0 Å². The topological polar surface area (TPSA) is 37.4 Å². The highest BCUT2D eigenvalue weighted by molar-refractivity contribution is 7.88. The van der Waals surface area contributed by atoms with E-state index in [1.165, 1.54) is 6.26 Å². The van der Waals surface area contributed by atoms with Crippen LogP contribution in [-0.2, 0) is 10.0 Å². The van der Waals surface area contributed by atoms with Gasteiger partial charge in [0.15, 0.2) is 0 Å². The monoisotopic (exact) mass is 261 g/mol. The van der Waals surface area contributed by atoms with Crippen LogP contribution < -0.4 is 0 Å². The molecule has 4 heteroatoms. The number of hydrogen-bond acceptors (Lipinski definition) is 2. The Labute approximate surface area is 107 Å². The summed E-state index contributed by atoms with van der Waals surface area (Å²) in [6.07, 6.45) is 3.42. The molecule has 102 valence electrons. The van der Waals surface area contributed by atoms with Crippen LogP contribution in [0.5, 0.6) is 0 Å². The van der Waals surface area contributed by atoms with Crippen molar-refractivity contribution in [3.8, 4) is 0 Å². The lowest BCUT2D eigenvalue weighted by atomic mass is 9.59. The molecule has 0 spiro atoms. The quantitative estimate of drug-likeness (QED) is 0.783. The van der Waals surface area contributed by atoms with Gasteiger partial charge in [0.05, 0.1) is 6.26 Å². The zero-order chi connectivity index (χ0) is 13.5. The van der Waals surface area contributed by atoms with Crippen LogP contribution in [0.3, 0.4) is 0 Å². The van der Waals surface area contributed by atoms with Crippen molar-refractivity contribution in [2.75, 3.05) is 19.3 Å². The first-order valence-corrected chi connectivity index (χ1v) is 8.38. The van der Waals surface area contributed by atoms with Crippen LogP contribution >= 0.6 is 0 Å². The van der Waals surface area contributed by atoms with Crippen molar-refractivity contribution in [3.63, 3.8) is 0 Å². The predicted molar refractivity (Wildman–Crippen MR) is 72.4 cm³/mol. The molecule has 1 rings (SSSR count). The first-order chi connectivity index (χ1) is 7.58. The summed E-state index contributed by atoms with van der Waals surface area (Å²) in [5.41, 5.74) is 0.257. The van der Waals surface area contributed by atoms with Gasteiger partial charge in [0, 0.05) is 13.1 Å². The van der Waals surface area contributed by atoms with Crippen molar-refractivity contribution in [2.45, 2.75) is 47.5 Å². The van der Waals surface area contributed by atoms with Crippen LogP contribution in [0.1, 0.15) is 47.5 Å². The van der Waals surface area contributed by atoms with E-state index in [2.05, 4.69) is 34.6 Å². The normalized spacial score (nSPS) is 32.0. The fourth-order valence-electron chi connectivity index (χ4n) is 3.48. The predicted octanol–water partition coefficient (Wildman–Crippen LogP) is 2.73. The van der Waals surface area contributed by atoms with Gasteiger partial charge in [0.25, 0.3) is 0 Å². The lowest BCUT2D eigenvalue weighted by molar-refractivity contribution is 0.0467. The molecule has 1 aliphatic rings. The highest BCUT2D eigenvalue weighted by atomic mass is 32.2. The second kappa shape index (κ2) is 4.54. The maximum absolute atomic E-state index is 11.8. The zero-order valence-corrected chi connectivity index (χ0v) is 12.9. The fourth-order valence-corrected chi connectivity index (χ4v) is 4.40. The van der Waals surface area contributed by atoms with Gasteiger partial charge in [-0.15, -0.1) is 0 Å². The summed E-state index contributed by atoms with van der Waals surface area (Å²) in [5.74, 6) is 0.474. The van der Waals surface area contributed by atoms with Crippen LogP contribution in [0.2, 0.25) is 0 Å². The minimum atomic E-state index is -3.05. The lowest BCUT2D eigenvalue weighted by Gasteiger charge is -2.45. The molecule has 2 unspecified atom stereocenters. The second-order valence-electron chi connectivity index (χ2n) is 6.42. The molecule has 0 saturated carbocycles. The first-order valence-electron chi connectivity index (χ1n) is 6.53. The Morgan fingerprint density at radius 3 is 2.06 bits per heavy atom. The van der Waals surface area contributed by atoms with E-state index in [-0.39, 0.29) is 10.8 Å². The molecule has 1 heterocycles. The second-order valence-corrected chi connectivity index (χ2v) is 8.40. The molecule has 1 aliphatic heterocycles. The number of nitrogens with zero attached hydrogens (tertiary/aromatic N) is 1. The molecule has 1 saturated heterocycles. The lowest BCUT2D eigenvalue weighted by Crippen LogP contribution is -2.42. The van der Waals surface area contributed by atoms with Crippen LogP contribution in [0.25, 0.3) is 0 Å².